The number of ether oxygens (including phenoxy) is 3. The van der Waals surface area contributed by atoms with Gasteiger partial charge in [-0.2, -0.15) is 0 Å². The normalized spacial score (nSPS) is 29.3. The van der Waals surface area contributed by atoms with Crippen LogP contribution >= 0.6 is 11.6 Å². The Morgan fingerprint density at radius 3 is 2.04 bits per heavy atom. The maximum Gasteiger partial charge on any atom is 0.410 e. The van der Waals surface area contributed by atoms with Crippen molar-refractivity contribution in [2.75, 3.05) is 13.2 Å². The Hall–Kier alpha value is -1.50. The molecular weight excluding hydrogens is 326 g/mol. The first-order valence-corrected chi connectivity index (χ1v) is 8.06. The molecule has 8 heteroatoms. The lowest BCUT2D eigenvalue weighted by atomic mass is 9.79. The number of esters is 2. The van der Waals surface area contributed by atoms with Crippen molar-refractivity contribution in [1.82, 2.24) is 4.90 Å². The molecule has 2 aliphatic rings. The quantitative estimate of drug-likeness (QED) is 0.440. The van der Waals surface area contributed by atoms with Crippen LogP contribution in [0.2, 0.25) is 0 Å². The summed E-state index contributed by atoms with van der Waals surface area (Å²) in [7, 11) is 1.26. The van der Waals surface area contributed by atoms with E-state index < -0.39 is 47.6 Å². The molecule has 2 aliphatic heterocycles. The Morgan fingerprint density at radius 2 is 1.61 bits per heavy atom. The van der Waals surface area contributed by atoms with Crippen LogP contribution in [0.3, 0.4) is 0 Å². The molecule has 2 bridgehead atoms. The van der Waals surface area contributed by atoms with Gasteiger partial charge in [0.25, 0.3) is 0 Å². The first-order chi connectivity index (χ1) is 10.7. The summed E-state index contributed by atoms with van der Waals surface area (Å²) in [4.78, 5) is 38.3. The average Bonchev–Trinajstić information content (AvgIpc) is 3.00. The van der Waals surface area contributed by atoms with Crippen LogP contribution in [0, 0.1) is 11.8 Å². The van der Waals surface area contributed by atoms with E-state index >= 15 is 0 Å². The molecule has 0 aliphatic carbocycles. The first-order valence-electron chi connectivity index (χ1n) is 7.53. The van der Waals surface area contributed by atoms with Crippen molar-refractivity contribution in [1.29, 1.82) is 0 Å². The summed E-state index contributed by atoms with van der Waals surface area (Å²) >= 11 is 5.46. The molecule has 1 amide bonds. The van der Waals surface area contributed by atoms with Gasteiger partial charge in [0.1, 0.15) is 5.60 Å². The number of methoxy groups -OCH3 is 1. The second kappa shape index (κ2) is 6.55. The third kappa shape index (κ3) is 3.39. The molecule has 4 atom stereocenters. The predicted molar refractivity (Wildman–Crippen MR) is 80.7 cm³/mol. The average molecular weight is 348 g/mol. The third-order valence-electron chi connectivity index (χ3n) is 4.24. The van der Waals surface area contributed by atoms with Gasteiger partial charge in [0.2, 0.25) is 0 Å². The number of fused-ring (bicyclic) bond motifs is 2. The molecule has 2 fully saturated rings. The number of hydrogen-bond donors (Lipinski definition) is 0. The van der Waals surface area contributed by atoms with Crippen molar-refractivity contribution in [3.8, 4) is 0 Å². The number of halogens is 1. The van der Waals surface area contributed by atoms with Gasteiger partial charge < -0.3 is 19.1 Å². The van der Waals surface area contributed by atoms with Crippen LogP contribution in [-0.4, -0.2) is 53.8 Å². The minimum absolute atomic E-state index is 0.299. The maximum atomic E-state index is 12.5. The fourth-order valence-corrected chi connectivity index (χ4v) is 3.64. The predicted octanol–water partition coefficient (Wildman–Crippen LogP) is 1.91. The molecule has 0 saturated carbocycles. The minimum Gasteiger partial charge on any atom is -0.469 e. The minimum atomic E-state index is -0.771. The van der Waals surface area contributed by atoms with E-state index in [9.17, 15) is 14.4 Å². The van der Waals surface area contributed by atoms with Gasteiger partial charge in [-0.25, -0.2) is 4.79 Å². The molecule has 0 spiro atoms. The zero-order valence-corrected chi connectivity index (χ0v) is 14.5. The Bertz CT molecular complexity index is 503. The highest BCUT2D eigenvalue weighted by atomic mass is 35.5. The van der Waals surface area contributed by atoms with E-state index in [0.717, 1.165) is 0 Å². The molecule has 4 unspecified atom stereocenters. The fraction of sp³-hybridized carbons (Fsp3) is 0.800. The molecule has 0 aromatic rings. The number of alkyl halides is 1. The molecule has 7 nitrogen and oxygen atoms in total. The van der Waals surface area contributed by atoms with Crippen LogP contribution < -0.4 is 0 Å². The number of carbonyl (C=O) groups is 3. The molecule has 0 N–H and O–H groups in total. The second-order valence-corrected chi connectivity index (χ2v) is 6.97. The smallest absolute Gasteiger partial charge is 0.410 e. The summed E-state index contributed by atoms with van der Waals surface area (Å²) in [6.45, 7) is 5.29. The molecular formula is C15H22ClNO6. The number of nitrogens with zero attached hydrogens (tertiary/aromatic N) is 1. The lowest BCUT2D eigenvalue weighted by Crippen LogP contribution is -2.41. The SMILES string of the molecule is COC(=O)C1C(C(=O)OCCl)C2CCC1N2C(=O)OC(C)(C)C. The second-order valence-electron chi connectivity index (χ2n) is 6.75. The van der Waals surface area contributed by atoms with Gasteiger partial charge >= 0.3 is 18.0 Å². The van der Waals surface area contributed by atoms with Crippen molar-refractivity contribution in [2.24, 2.45) is 11.8 Å². The lowest BCUT2D eigenvalue weighted by Gasteiger charge is -2.27. The Balaban J connectivity index is 2.28. The topological polar surface area (TPSA) is 82.1 Å². The van der Waals surface area contributed by atoms with E-state index in [0.29, 0.717) is 12.8 Å². The Morgan fingerprint density at radius 1 is 1.09 bits per heavy atom. The van der Waals surface area contributed by atoms with Gasteiger partial charge in [-0.1, -0.05) is 11.6 Å². The summed E-state index contributed by atoms with van der Waals surface area (Å²) in [5, 5.41) is 0. The van der Waals surface area contributed by atoms with Crippen LogP contribution in [-0.2, 0) is 23.8 Å². The van der Waals surface area contributed by atoms with Gasteiger partial charge in [0.05, 0.1) is 18.9 Å². The van der Waals surface area contributed by atoms with Crippen molar-refractivity contribution in [2.45, 2.75) is 51.3 Å². The van der Waals surface area contributed by atoms with Gasteiger partial charge in [0.15, 0.2) is 6.07 Å². The zero-order chi connectivity index (χ0) is 17.4. The summed E-state index contributed by atoms with van der Waals surface area (Å²) in [5.74, 6) is -2.63. The number of carbonyl (C=O) groups excluding carboxylic acids is 3. The maximum absolute atomic E-state index is 12.5. The van der Waals surface area contributed by atoms with Crippen LogP contribution in [0.5, 0.6) is 0 Å². The molecule has 2 heterocycles. The van der Waals surface area contributed by atoms with Gasteiger partial charge in [-0.3, -0.25) is 9.59 Å². The van der Waals surface area contributed by atoms with Crippen molar-refractivity contribution in [3.05, 3.63) is 0 Å². The molecule has 130 valence electrons. The highest BCUT2D eigenvalue weighted by molar-refractivity contribution is 6.17. The van der Waals surface area contributed by atoms with Crippen molar-refractivity contribution < 1.29 is 28.6 Å². The zero-order valence-electron chi connectivity index (χ0n) is 13.7. The van der Waals surface area contributed by atoms with E-state index in [1.54, 1.807) is 20.8 Å². The number of hydrogen-bond acceptors (Lipinski definition) is 6. The molecule has 0 aromatic carbocycles. The molecule has 2 saturated heterocycles. The van der Waals surface area contributed by atoms with E-state index in [1.807, 2.05) is 0 Å². The highest BCUT2D eigenvalue weighted by Gasteiger charge is 2.62. The molecule has 23 heavy (non-hydrogen) atoms. The van der Waals surface area contributed by atoms with Gasteiger partial charge in [-0.05, 0) is 33.6 Å². The van der Waals surface area contributed by atoms with Crippen LogP contribution in [0.15, 0.2) is 0 Å². The molecule has 0 aromatic heterocycles. The number of amides is 1. The van der Waals surface area contributed by atoms with Crippen molar-refractivity contribution >= 4 is 29.6 Å². The fourth-order valence-electron chi connectivity index (χ4n) is 3.53. The summed E-state index contributed by atoms with van der Waals surface area (Å²) in [5.41, 5.74) is -0.661. The Kier molecular flexibility index (Phi) is 5.08. The first kappa shape index (κ1) is 17.8. The highest BCUT2D eigenvalue weighted by Crippen LogP contribution is 2.47. The van der Waals surface area contributed by atoms with E-state index in [-0.39, 0.29) is 6.07 Å². The van der Waals surface area contributed by atoms with Crippen molar-refractivity contribution in [3.63, 3.8) is 0 Å². The van der Waals surface area contributed by atoms with Gasteiger partial charge in [-0.15, -0.1) is 0 Å². The largest absolute Gasteiger partial charge is 0.469 e. The summed E-state index contributed by atoms with van der Waals surface area (Å²) in [6, 6.07) is -1.16. The van der Waals surface area contributed by atoms with E-state index in [2.05, 4.69) is 0 Å². The summed E-state index contributed by atoms with van der Waals surface area (Å²) < 4.78 is 15.1. The molecule has 0 radical (unpaired) electrons. The van der Waals surface area contributed by atoms with Gasteiger partial charge in [0, 0.05) is 12.1 Å². The standard InChI is InChI=1S/C15H22ClNO6/c1-15(2,3)23-14(20)17-8-5-6-9(17)11(13(19)22-7-16)10(8)12(18)21-4/h8-11H,5-7H2,1-4H3. The lowest BCUT2D eigenvalue weighted by molar-refractivity contribution is -0.158. The summed E-state index contributed by atoms with van der Waals surface area (Å²) in [6.07, 6.45) is 0.702. The monoisotopic (exact) mass is 347 g/mol. The third-order valence-corrected chi connectivity index (χ3v) is 4.34. The van der Waals surface area contributed by atoms with Crippen LogP contribution in [0.25, 0.3) is 0 Å². The van der Waals surface area contributed by atoms with Crippen LogP contribution in [0.1, 0.15) is 33.6 Å². The molecule has 2 rings (SSSR count). The van der Waals surface area contributed by atoms with E-state index in [1.165, 1.54) is 12.0 Å². The van der Waals surface area contributed by atoms with Crippen LogP contribution in [0.4, 0.5) is 4.79 Å². The van der Waals surface area contributed by atoms with E-state index in [4.69, 9.17) is 25.8 Å². The Labute approximate surface area is 140 Å². The number of rotatable bonds is 3.